The molecule has 2 aliphatic heterocycles. The van der Waals surface area contributed by atoms with Crippen LogP contribution < -0.4 is 16.1 Å². The minimum absolute atomic E-state index is 0.0458. The number of hydrogen-bond donors (Lipinski definition) is 2. The Bertz CT molecular complexity index is 1350. The number of nitrogens with zero attached hydrogens (tertiary/aromatic N) is 3. The Morgan fingerprint density at radius 1 is 1.16 bits per heavy atom. The molecular formula is C29H41BF3N5O4Si. The molecule has 0 bridgehead atoms. The fourth-order valence-corrected chi connectivity index (χ4v) is 5.48. The molecule has 0 spiro atoms. The highest BCUT2D eigenvalue weighted by Crippen LogP contribution is 2.38. The maximum atomic E-state index is 14.7. The Labute approximate surface area is 253 Å². The molecule has 14 heteroatoms. The highest BCUT2D eigenvalue weighted by molar-refractivity contribution is 6.74. The Morgan fingerprint density at radius 2 is 1.84 bits per heavy atom. The molecule has 1 aromatic heterocycles. The van der Waals surface area contributed by atoms with E-state index in [2.05, 4.69) is 60.5 Å². The van der Waals surface area contributed by atoms with Crippen LogP contribution in [0.25, 0.3) is 0 Å². The van der Waals surface area contributed by atoms with Gasteiger partial charge in [-0.25, -0.2) is 4.98 Å². The molecule has 2 aromatic rings. The van der Waals surface area contributed by atoms with Crippen LogP contribution in [0.15, 0.2) is 18.3 Å². The number of ether oxygens (including phenoxy) is 1. The van der Waals surface area contributed by atoms with Crippen molar-refractivity contribution in [3.05, 3.63) is 35.0 Å². The number of benzene rings is 1. The van der Waals surface area contributed by atoms with E-state index in [9.17, 15) is 18.4 Å². The topological polar surface area (TPSA) is 111 Å². The predicted octanol–water partition coefficient (Wildman–Crippen LogP) is 5.79. The van der Waals surface area contributed by atoms with Gasteiger partial charge in [-0.3, -0.25) is 0 Å². The molecule has 2 N–H and O–H groups in total. The molecule has 9 nitrogen and oxygen atoms in total. The van der Waals surface area contributed by atoms with E-state index in [0.717, 1.165) is 11.6 Å². The minimum atomic E-state index is -4.70. The molecule has 3 heterocycles. The van der Waals surface area contributed by atoms with E-state index in [4.69, 9.17) is 18.5 Å². The third-order valence-corrected chi connectivity index (χ3v) is 12.7. The number of alkyl halides is 3. The predicted molar refractivity (Wildman–Crippen MR) is 162 cm³/mol. The minimum Gasteiger partial charge on any atom is -0.413 e. The number of aromatic nitrogens is 2. The van der Waals surface area contributed by atoms with Crippen LogP contribution >= 0.6 is 0 Å². The van der Waals surface area contributed by atoms with Crippen molar-refractivity contribution in [1.29, 1.82) is 5.26 Å². The van der Waals surface area contributed by atoms with Crippen molar-refractivity contribution in [2.75, 3.05) is 37.1 Å². The molecule has 2 aliphatic rings. The van der Waals surface area contributed by atoms with E-state index in [-0.39, 0.29) is 59.3 Å². The lowest BCUT2D eigenvalue weighted by Gasteiger charge is -2.37. The first-order chi connectivity index (χ1) is 19.9. The van der Waals surface area contributed by atoms with Gasteiger partial charge in [0.1, 0.15) is 5.82 Å². The third-order valence-electron chi connectivity index (χ3n) is 8.25. The Kier molecular flexibility index (Phi) is 9.54. The summed E-state index contributed by atoms with van der Waals surface area (Å²) in [5, 5.41) is 15.4. The number of hydrogen-bond acceptors (Lipinski definition) is 9. The largest absolute Gasteiger partial charge is 0.494 e. The van der Waals surface area contributed by atoms with Crippen LogP contribution in [-0.2, 0) is 31.3 Å². The van der Waals surface area contributed by atoms with Gasteiger partial charge in [-0.1, -0.05) is 34.6 Å². The normalized spacial score (nSPS) is 21.0. The van der Waals surface area contributed by atoms with Crippen molar-refractivity contribution < 1.29 is 31.6 Å². The second-order valence-corrected chi connectivity index (χ2v) is 18.4. The van der Waals surface area contributed by atoms with Gasteiger partial charge in [0.25, 0.3) is 0 Å². The average molecular weight is 620 g/mol. The summed E-state index contributed by atoms with van der Waals surface area (Å²) in [6, 6.07) is 4.61. The van der Waals surface area contributed by atoms with Crippen molar-refractivity contribution in [1.82, 2.24) is 9.97 Å². The molecule has 0 amide bonds. The summed E-state index contributed by atoms with van der Waals surface area (Å²) in [6.45, 7) is 17.1. The van der Waals surface area contributed by atoms with Crippen LogP contribution in [0.1, 0.15) is 51.3 Å². The summed E-state index contributed by atoms with van der Waals surface area (Å²) in [4.78, 5) is 8.82. The zero-order valence-corrected chi connectivity index (χ0v) is 27.1. The van der Waals surface area contributed by atoms with Crippen LogP contribution in [0, 0.1) is 29.6 Å². The summed E-state index contributed by atoms with van der Waals surface area (Å²) in [7, 11) is -3.52. The molecule has 2 unspecified atom stereocenters. The van der Waals surface area contributed by atoms with Crippen LogP contribution in [0.3, 0.4) is 0 Å². The van der Waals surface area contributed by atoms with Gasteiger partial charge < -0.3 is 29.1 Å². The van der Waals surface area contributed by atoms with Crippen LogP contribution in [0.5, 0.6) is 0 Å². The van der Waals surface area contributed by atoms with Gasteiger partial charge in [-0.05, 0) is 42.8 Å². The van der Waals surface area contributed by atoms with E-state index >= 15 is 0 Å². The number of nitriles is 1. The molecule has 2 atom stereocenters. The number of aryl methyl sites for hydroxylation is 1. The van der Waals surface area contributed by atoms with E-state index < -0.39 is 27.2 Å². The second-order valence-electron chi connectivity index (χ2n) is 13.6. The van der Waals surface area contributed by atoms with Crippen molar-refractivity contribution in [3.63, 3.8) is 0 Å². The Morgan fingerprint density at radius 3 is 2.44 bits per heavy atom. The summed E-state index contributed by atoms with van der Waals surface area (Å²) < 4.78 is 67.6. The zero-order chi connectivity index (χ0) is 31.8. The number of nitrogens with one attached hydrogen (secondary N) is 2. The summed E-state index contributed by atoms with van der Waals surface area (Å²) >= 11 is 0. The molecule has 0 aliphatic carbocycles. The van der Waals surface area contributed by atoms with Gasteiger partial charge in [0.15, 0.2) is 8.32 Å². The molecular weight excluding hydrogens is 578 g/mol. The molecule has 2 saturated heterocycles. The molecule has 0 radical (unpaired) electrons. The van der Waals surface area contributed by atoms with Gasteiger partial charge in [-0.2, -0.15) is 23.4 Å². The molecule has 0 saturated carbocycles. The first-order valence-electron chi connectivity index (χ1n) is 14.4. The van der Waals surface area contributed by atoms with E-state index in [0.29, 0.717) is 24.6 Å². The van der Waals surface area contributed by atoms with Crippen molar-refractivity contribution in [3.8, 4) is 6.07 Å². The lowest BCUT2D eigenvalue weighted by Crippen LogP contribution is -2.51. The van der Waals surface area contributed by atoms with Gasteiger partial charge in [0.05, 0.1) is 43.4 Å². The molecule has 234 valence electrons. The lowest BCUT2D eigenvalue weighted by molar-refractivity contribution is -0.137. The molecule has 4 rings (SSSR count). The standard InChI is InChI=1S/C29H41BF3N5O4Si/c1-18-12-35-26(38-25(18)37-23-15-39-13-20(23)11-34)36-21-9-19(14-42-43(7,8)27(2,3)4)24(22(10-21)29(31,32)33)30-40-16-28(5,6)17-41-30/h9-10,12,20,23H,13-17H2,1-8H3,(H2,35,36,37,38). The number of halogens is 3. The fraction of sp³-hybridized carbons (Fsp3) is 0.621. The first kappa shape index (κ1) is 33.2. The Hall–Kier alpha value is -2.70. The molecule has 1 aromatic carbocycles. The van der Waals surface area contributed by atoms with Gasteiger partial charge in [0, 0.05) is 41.5 Å². The summed E-state index contributed by atoms with van der Waals surface area (Å²) in [6.07, 6.45) is -3.13. The highest BCUT2D eigenvalue weighted by atomic mass is 28.4. The second kappa shape index (κ2) is 12.4. The van der Waals surface area contributed by atoms with Gasteiger partial charge in [0.2, 0.25) is 5.95 Å². The zero-order valence-electron chi connectivity index (χ0n) is 26.1. The van der Waals surface area contributed by atoms with Crippen LogP contribution in [0.4, 0.5) is 30.6 Å². The lowest BCUT2D eigenvalue weighted by atomic mass is 9.70. The van der Waals surface area contributed by atoms with Crippen molar-refractivity contribution in [2.24, 2.45) is 11.3 Å². The van der Waals surface area contributed by atoms with Gasteiger partial charge in [-0.15, -0.1) is 0 Å². The van der Waals surface area contributed by atoms with Gasteiger partial charge >= 0.3 is 13.3 Å². The average Bonchev–Trinajstić information content (AvgIpc) is 3.35. The maximum absolute atomic E-state index is 14.7. The van der Waals surface area contributed by atoms with E-state index in [1.807, 2.05) is 20.8 Å². The first-order valence-corrected chi connectivity index (χ1v) is 17.3. The number of anilines is 3. The third kappa shape index (κ3) is 7.88. The fourth-order valence-electron chi connectivity index (χ4n) is 4.53. The Balaban J connectivity index is 1.72. The molecule has 43 heavy (non-hydrogen) atoms. The smallest absolute Gasteiger partial charge is 0.413 e. The van der Waals surface area contributed by atoms with Crippen molar-refractivity contribution >= 4 is 38.4 Å². The van der Waals surface area contributed by atoms with Crippen LogP contribution in [0.2, 0.25) is 18.1 Å². The number of rotatable bonds is 8. The van der Waals surface area contributed by atoms with E-state index in [1.54, 1.807) is 12.3 Å². The maximum Gasteiger partial charge on any atom is 0.494 e. The summed E-state index contributed by atoms with van der Waals surface area (Å²) in [5.41, 5.74) is -0.0870. The SMILES string of the molecule is Cc1cnc(Nc2cc(CO[Si](C)(C)C(C)(C)C)c(B3OCC(C)(C)CO3)c(C(F)(F)F)c2)nc1NC1COCC1C#N. The summed E-state index contributed by atoms with van der Waals surface area (Å²) in [5.74, 6) is 0.226. The van der Waals surface area contributed by atoms with E-state index in [1.165, 1.54) is 0 Å². The quantitative estimate of drug-likeness (QED) is 0.355. The van der Waals surface area contributed by atoms with Crippen LogP contribution in [-0.4, -0.2) is 57.9 Å². The van der Waals surface area contributed by atoms with Crippen molar-refractivity contribution in [2.45, 2.75) is 78.5 Å². The molecule has 2 fully saturated rings. The monoisotopic (exact) mass is 619 g/mol. The highest BCUT2D eigenvalue weighted by Gasteiger charge is 2.44.